The minimum Gasteiger partial charge on any atom is -0.497 e. The first-order chi connectivity index (χ1) is 40.5. The molecule has 0 bridgehead atoms. The minimum atomic E-state index is -1.90. The molecular formula is C73H78O10P2. The highest BCUT2D eigenvalue weighted by molar-refractivity contribution is 7.36. The third-order valence-corrected chi connectivity index (χ3v) is 18.8. The summed E-state index contributed by atoms with van der Waals surface area (Å²) < 4.78 is 62.8. The van der Waals surface area contributed by atoms with Gasteiger partial charge in [-0.1, -0.05) is 156 Å². The van der Waals surface area contributed by atoms with Crippen molar-refractivity contribution in [3.05, 3.63) is 172 Å². The van der Waals surface area contributed by atoms with Crippen LogP contribution in [0, 0.1) is 0 Å². The fraction of sp³-hybridized carbons (Fsp3) is 0.329. The molecule has 0 saturated carbocycles. The average Bonchev–Trinajstić information content (AvgIpc) is 3.45. The smallest absolute Gasteiger partial charge is 0.221 e. The Labute approximate surface area is 501 Å². The van der Waals surface area contributed by atoms with E-state index in [2.05, 4.69) is 192 Å². The van der Waals surface area contributed by atoms with Gasteiger partial charge in [-0.05, 0) is 116 Å². The summed E-state index contributed by atoms with van der Waals surface area (Å²) in [5, 5.41) is 3.31. The lowest BCUT2D eigenvalue weighted by molar-refractivity contribution is 0.112. The number of fused-ring (bicyclic) bond motifs is 9. The van der Waals surface area contributed by atoms with Crippen LogP contribution in [-0.4, -0.2) is 40.8 Å². The number of methoxy groups -OCH3 is 3. The quantitative estimate of drug-likeness (QED) is 0.123. The van der Waals surface area contributed by atoms with Crippen molar-refractivity contribution in [1.82, 2.24) is 0 Å². The molecule has 0 saturated heterocycles. The number of benzene rings is 8. The first-order valence-electron chi connectivity index (χ1n) is 29.2. The Morgan fingerprint density at radius 2 is 0.753 bits per heavy atom. The van der Waals surface area contributed by atoms with Gasteiger partial charge in [0.05, 0.1) is 46.9 Å². The number of aldehydes is 1. The van der Waals surface area contributed by atoms with Crippen LogP contribution >= 0.6 is 16.0 Å². The van der Waals surface area contributed by atoms with Crippen LogP contribution in [0.1, 0.15) is 133 Å². The lowest BCUT2D eigenvalue weighted by Crippen LogP contribution is -2.12. The van der Waals surface area contributed by atoms with E-state index < -0.39 is 26.9 Å². The highest BCUT2D eigenvalue weighted by Crippen LogP contribution is 2.55. The number of carbonyl (C=O) groups excluding carboxylic acids is 1. The molecule has 1 unspecified atom stereocenters. The van der Waals surface area contributed by atoms with E-state index in [0.29, 0.717) is 65.9 Å². The third kappa shape index (κ3) is 11.6. The van der Waals surface area contributed by atoms with Crippen LogP contribution in [0.3, 0.4) is 0 Å². The standard InChI is InChI=1S/C73H78O10P2/c1-70(2,3)58-34-44(41-74)33-52-53-35-47(75-13)38-59(71(4,5)6)67(53)81-84(80-66(52)58)42-56-50(45-23-18-16-19-24-45)27-29-62-64(56)65-57(51(46-25-20-17-21-26-46)28-30-63(65)79-32-22-31-78-62)43-85-82-68-54(36-48(76-14)39-60(68)72(7,8)9)55-37-49(77-15)40-61(69(55)83-85)73(10,11)12/h16-21,23-30,33-41H,22,31-32,42-43H2,1-15H3. The summed E-state index contributed by atoms with van der Waals surface area (Å²) in [5.41, 5.74) is 13.4. The van der Waals surface area contributed by atoms with Crippen LogP contribution in [-0.2, 0) is 34.0 Å². The van der Waals surface area contributed by atoms with E-state index in [1.807, 2.05) is 24.3 Å². The molecular weight excluding hydrogens is 1100 g/mol. The van der Waals surface area contributed by atoms with Gasteiger partial charge in [-0.3, -0.25) is 4.79 Å². The maximum atomic E-state index is 12.9. The molecule has 12 heteroatoms. The van der Waals surface area contributed by atoms with Gasteiger partial charge in [-0.2, -0.15) is 0 Å². The fourth-order valence-corrected chi connectivity index (χ4v) is 14.8. The van der Waals surface area contributed by atoms with Crippen LogP contribution in [0.15, 0.2) is 150 Å². The molecule has 1 aliphatic rings. The maximum Gasteiger partial charge on any atom is 0.221 e. The fourth-order valence-electron chi connectivity index (χ4n) is 11.7. The summed E-state index contributed by atoms with van der Waals surface area (Å²) in [5.74, 6) is 3.54. The zero-order chi connectivity index (χ0) is 60.3. The monoisotopic (exact) mass is 1180 g/mol. The van der Waals surface area contributed by atoms with Crippen molar-refractivity contribution < 1.29 is 45.3 Å². The molecule has 1 atom stereocenters. The summed E-state index contributed by atoms with van der Waals surface area (Å²) in [6, 6.07) is 46.0. The van der Waals surface area contributed by atoms with E-state index in [-0.39, 0.29) is 10.8 Å². The van der Waals surface area contributed by atoms with Crippen LogP contribution in [0.2, 0.25) is 0 Å². The molecule has 85 heavy (non-hydrogen) atoms. The average molecular weight is 1180 g/mol. The summed E-state index contributed by atoms with van der Waals surface area (Å²) in [6.07, 6.45) is 2.21. The van der Waals surface area contributed by atoms with E-state index in [1.165, 1.54) is 0 Å². The Kier molecular flexibility index (Phi) is 15.9. The molecule has 11 rings (SSSR count). The van der Waals surface area contributed by atoms with E-state index in [0.717, 1.165) is 117 Å². The van der Waals surface area contributed by atoms with Gasteiger partial charge in [0, 0.05) is 66.9 Å². The van der Waals surface area contributed by atoms with E-state index in [9.17, 15) is 4.79 Å². The Morgan fingerprint density at radius 3 is 1.07 bits per heavy atom. The second kappa shape index (κ2) is 22.9. The van der Waals surface area contributed by atoms with Gasteiger partial charge >= 0.3 is 0 Å². The molecule has 10 nitrogen and oxygen atoms in total. The summed E-state index contributed by atoms with van der Waals surface area (Å²) in [6.45, 7) is 27.1. The van der Waals surface area contributed by atoms with Gasteiger partial charge in [0.25, 0.3) is 0 Å². The second-order valence-electron chi connectivity index (χ2n) is 26.3. The lowest BCUT2D eigenvalue weighted by Gasteiger charge is -2.24. The van der Waals surface area contributed by atoms with Crippen molar-refractivity contribution in [3.8, 4) is 62.1 Å². The molecule has 0 amide bonds. The zero-order valence-corrected chi connectivity index (χ0v) is 53.6. The summed E-state index contributed by atoms with van der Waals surface area (Å²) in [4.78, 5) is 12.9. The Bertz CT molecular complexity index is 4200. The van der Waals surface area contributed by atoms with Crippen molar-refractivity contribution in [2.75, 3.05) is 34.5 Å². The van der Waals surface area contributed by atoms with Gasteiger partial charge < -0.3 is 40.5 Å². The molecule has 3 heterocycles. The third-order valence-electron chi connectivity index (χ3n) is 16.1. The summed E-state index contributed by atoms with van der Waals surface area (Å²) in [7, 11) is 1.33. The van der Waals surface area contributed by atoms with Crippen LogP contribution < -0.4 is 23.7 Å². The van der Waals surface area contributed by atoms with Crippen molar-refractivity contribution in [3.63, 3.8) is 0 Å². The molecule has 0 fully saturated rings. The Hall–Kier alpha value is -7.77. The predicted octanol–water partition coefficient (Wildman–Crippen LogP) is 21.2. The minimum absolute atomic E-state index is 0.310. The molecule has 2 aromatic heterocycles. The molecule has 0 radical (unpaired) electrons. The number of ether oxygens (including phenoxy) is 5. The molecule has 1 aliphatic heterocycles. The van der Waals surface area contributed by atoms with Gasteiger partial charge in [0.2, 0.25) is 16.0 Å². The summed E-state index contributed by atoms with van der Waals surface area (Å²) >= 11 is 0. The molecule has 0 aliphatic carbocycles. The van der Waals surface area contributed by atoms with Crippen molar-refractivity contribution >= 4 is 66.2 Å². The van der Waals surface area contributed by atoms with Crippen molar-refractivity contribution in [1.29, 1.82) is 0 Å². The van der Waals surface area contributed by atoms with Gasteiger partial charge in [-0.25, -0.2) is 0 Å². The highest BCUT2D eigenvalue weighted by atomic mass is 31.1. The molecule has 0 spiro atoms. The van der Waals surface area contributed by atoms with Crippen molar-refractivity contribution in [2.45, 2.75) is 123 Å². The van der Waals surface area contributed by atoms with E-state index in [1.54, 1.807) is 21.3 Å². The zero-order valence-electron chi connectivity index (χ0n) is 51.8. The van der Waals surface area contributed by atoms with E-state index in [4.69, 9.17) is 40.5 Å². The number of hydrogen-bond acceptors (Lipinski definition) is 10. The lowest BCUT2D eigenvalue weighted by atomic mass is 9.83. The number of hydrogen-bond donors (Lipinski definition) is 0. The second-order valence-corrected chi connectivity index (χ2v) is 29.0. The maximum absolute atomic E-state index is 12.9. The number of carbonyl (C=O) groups is 1. The largest absolute Gasteiger partial charge is 0.497 e. The van der Waals surface area contributed by atoms with E-state index >= 15 is 0 Å². The first kappa shape index (κ1) is 59.0. The van der Waals surface area contributed by atoms with Gasteiger partial charge in [-0.15, -0.1) is 0 Å². The number of rotatable bonds is 10. The molecule has 0 N–H and O–H groups in total. The van der Waals surface area contributed by atoms with Crippen molar-refractivity contribution in [2.24, 2.45) is 0 Å². The molecule has 8 aromatic carbocycles. The normalized spacial score (nSPS) is 13.3. The topological polar surface area (TPSA) is 116 Å². The SMILES string of the molecule is COc1cc(C(C)(C)C)c2op(Cc3c(-c4ccccc4)ccc4c3-c3c(ccc(-c5ccccc5)c3Cp3oc5c(C(C)(C)C)cc(OC)cc5c5cc(OC)cc(C(C)(C)C)c5o3)OCCCO4)oc3c(C(C)(C)C)cc(C=O)cc3c2c1. The highest BCUT2D eigenvalue weighted by Gasteiger charge is 2.32. The Balaban J connectivity index is 1.31. The first-order valence-corrected chi connectivity index (χ1v) is 32.0. The molecule has 440 valence electrons. The Morgan fingerprint density at radius 1 is 0.424 bits per heavy atom. The van der Waals surface area contributed by atoms with Crippen LogP contribution in [0.4, 0.5) is 0 Å². The van der Waals surface area contributed by atoms with Crippen LogP contribution in [0.25, 0.3) is 77.3 Å². The van der Waals surface area contributed by atoms with Gasteiger partial charge in [0.1, 0.15) is 57.4 Å². The van der Waals surface area contributed by atoms with Gasteiger partial charge in [0.15, 0.2) is 0 Å². The predicted molar refractivity (Wildman–Crippen MR) is 349 cm³/mol. The molecule has 10 aromatic rings. The van der Waals surface area contributed by atoms with Crippen LogP contribution in [0.5, 0.6) is 28.7 Å².